The standard InChI is InChI=1S/C12H16BrN3O2/c13-11-5-8(1-2-10(11)12(14)15)16-3-4-18-9(6-16)7-17/h1-2,5,9,17H,3-4,6-7H2,(H3,14,15). The number of aliphatic hydroxyl groups excluding tert-OH is 1. The Kier molecular flexibility index (Phi) is 4.21. The lowest BCUT2D eigenvalue weighted by molar-refractivity contribution is 0.00356. The Balaban J connectivity index is 2.18. The molecule has 0 radical (unpaired) electrons. The first-order valence-corrected chi connectivity index (χ1v) is 6.52. The van der Waals surface area contributed by atoms with E-state index in [0.29, 0.717) is 18.7 Å². The molecule has 0 aliphatic carbocycles. The maximum atomic E-state index is 9.12. The van der Waals surface area contributed by atoms with Crippen molar-refractivity contribution in [3.05, 3.63) is 28.2 Å². The second kappa shape index (κ2) is 5.69. The van der Waals surface area contributed by atoms with Gasteiger partial charge in [0.25, 0.3) is 0 Å². The Morgan fingerprint density at radius 2 is 2.39 bits per heavy atom. The van der Waals surface area contributed by atoms with E-state index in [1.807, 2.05) is 18.2 Å². The fourth-order valence-electron chi connectivity index (χ4n) is 1.98. The predicted molar refractivity (Wildman–Crippen MR) is 74.2 cm³/mol. The first kappa shape index (κ1) is 13.3. The molecule has 18 heavy (non-hydrogen) atoms. The topological polar surface area (TPSA) is 82.6 Å². The molecular weight excluding hydrogens is 298 g/mol. The van der Waals surface area contributed by atoms with Crippen LogP contribution in [0.5, 0.6) is 0 Å². The summed E-state index contributed by atoms with van der Waals surface area (Å²) in [5, 5.41) is 16.6. The van der Waals surface area contributed by atoms with Crippen molar-refractivity contribution in [1.82, 2.24) is 0 Å². The van der Waals surface area contributed by atoms with E-state index in [1.54, 1.807) is 0 Å². The molecule has 1 aromatic carbocycles. The van der Waals surface area contributed by atoms with Gasteiger partial charge in [-0.25, -0.2) is 0 Å². The summed E-state index contributed by atoms with van der Waals surface area (Å²) >= 11 is 3.42. The average molecular weight is 314 g/mol. The number of morpholine rings is 1. The molecule has 1 heterocycles. The van der Waals surface area contributed by atoms with Crippen LogP contribution in [0.15, 0.2) is 22.7 Å². The molecule has 0 amide bonds. The first-order chi connectivity index (χ1) is 8.61. The van der Waals surface area contributed by atoms with E-state index in [0.717, 1.165) is 16.7 Å². The molecule has 2 rings (SSSR count). The summed E-state index contributed by atoms with van der Waals surface area (Å²) in [6.07, 6.45) is -0.134. The van der Waals surface area contributed by atoms with E-state index in [4.69, 9.17) is 21.0 Å². The monoisotopic (exact) mass is 313 g/mol. The summed E-state index contributed by atoms with van der Waals surface area (Å²) in [5.41, 5.74) is 7.19. The van der Waals surface area contributed by atoms with E-state index >= 15 is 0 Å². The maximum Gasteiger partial charge on any atom is 0.123 e. The van der Waals surface area contributed by atoms with Crippen molar-refractivity contribution in [3.8, 4) is 0 Å². The highest BCUT2D eigenvalue weighted by atomic mass is 79.9. The van der Waals surface area contributed by atoms with Crippen LogP contribution in [-0.4, -0.2) is 43.3 Å². The van der Waals surface area contributed by atoms with E-state index in [2.05, 4.69) is 20.8 Å². The van der Waals surface area contributed by atoms with Gasteiger partial charge < -0.3 is 20.5 Å². The molecule has 1 aromatic rings. The number of halogens is 1. The van der Waals surface area contributed by atoms with Crippen molar-refractivity contribution in [1.29, 1.82) is 5.41 Å². The van der Waals surface area contributed by atoms with Crippen LogP contribution in [0.2, 0.25) is 0 Å². The Hall–Kier alpha value is -1.11. The molecular formula is C12H16BrN3O2. The van der Waals surface area contributed by atoms with Crippen LogP contribution in [0.25, 0.3) is 0 Å². The number of hydrogen-bond donors (Lipinski definition) is 3. The molecule has 0 bridgehead atoms. The van der Waals surface area contributed by atoms with Crippen molar-refractivity contribution in [3.63, 3.8) is 0 Å². The number of ether oxygens (including phenoxy) is 1. The number of anilines is 1. The van der Waals surface area contributed by atoms with Gasteiger partial charge in [-0.1, -0.05) is 0 Å². The zero-order valence-electron chi connectivity index (χ0n) is 9.90. The number of nitrogens with zero attached hydrogens (tertiary/aromatic N) is 1. The number of amidine groups is 1. The zero-order valence-corrected chi connectivity index (χ0v) is 11.5. The van der Waals surface area contributed by atoms with Crippen molar-refractivity contribution >= 4 is 27.5 Å². The number of rotatable bonds is 3. The molecule has 0 saturated carbocycles. The Morgan fingerprint density at radius 3 is 3.00 bits per heavy atom. The highest BCUT2D eigenvalue weighted by Crippen LogP contribution is 2.25. The van der Waals surface area contributed by atoms with Gasteiger partial charge in [-0.3, -0.25) is 5.41 Å². The third-order valence-corrected chi connectivity index (χ3v) is 3.61. The lowest BCUT2D eigenvalue weighted by Gasteiger charge is -2.34. The molecule has 1 aliphatic rings. The van der Waals surface area contributed by atoms with Crippen molar-refractivity contribution in [2.24, 2.45) is 5.73 Å². The van der Waals surface area contributed by atoms with Crippen LogP contribution in [0.1, 0.15) is 5.56 Å². The van der Waals surface area contributed by atoms with E-state index in [1.165, 1.54) is 0 Å². The minimum atomic E-state index is -0.134. The Labute approximate surface area is 114 Å². The number of aliphatic hydroxyl groups is 1. The van der Waals surface area contributed by atoms with Gasteiger partial charge in [0.15, 0.2) is 0 Å². The summed E-state index contributed by atoms with van der Waals surface area (Å²) in [6, 6.07) is 5.70. The summed E-state index contributed by atoms with van der Waals surface area (Å²) in [7, 11) is 0. The van der Waals surface area contributed by atoms with E-state index in [9.17, 15) is 0 Å². The second-order valence-corrected chi connectivity index (χ2v) is 5.05. The summed E-state index contributed by atoms with van der Waals surface area (Å²) in [5.74, 6) is 0.0450. The molecule has 1 atom stereocenters. The van der Waals surface area contributed by atoms with Gasteiger partial charge in [0.1, 0.15) is 5.84 Å². The van der Waals surface area contributed by atoms with Crippen LogP contribution in [0, 0.1) is 5.41 Å². The fourth-order valence-corrected chi connectivity index (χ4v) is 2.56. The van der Waals surface area contributed by atoms with Gasteiger partial charge in [-0.05, 0) is 34.1 Å². The van der Waals surface area contributed by atoms with Crippen molar-refractivity contribution in [2.75, 3.05) is 31.2 Å². The molecule has 0 aromatic heterocycles. The van der Waals surface area contributed by atoms with Gasteiger partial charge in [0, 0.05) is 28.8 Å². The number of hydrogen-bond acceptors (Lipinski definition) is 4. The van der Waals surface area contributed by atoms with Gasteiger partial charge in [0.2, 0.25) is 0 Å². The van der Waals surface area contributed by atoms with Crippen molar-refractivity contribution in [2.45, 2.75) is 6.10 Å². The number of nitrogens with one attached hydrogen (secondary N) is 1. The minimum Gasteiger partial charge on any atom is -0.394 e. The Bertz CT molecular complexity index is 453. The third kappa shape index (κ3) is 2.82. The molecule has 98 valence electrons. The van der Waals surface area contributed by atoms with Gasteiger partial charge >= 0.3 is 0 Å². The smallest absolute Gasteiger partial charge is 0.123 e. The number of nitrogens with two attached hydrogens (primary N) is 1. The fraction of sp³-hybridized carbons (Fsp3) is 0.417. The minimum absolute atomic E-state index is 0.0310. The SMILES string of the molecule is N=C(N)c1ccc(N2CCOC(CO)C2)cc1Br. The normalized spacial score (nSPS) is 19.9. The summed E-state index contributed by atoms with van der Waals surface area (Å²) in [6.45, 7) is 2.10. The number of nitrogen functional groups attached to an aromatic ring is 1. The van der Waals surface area contributed by atoms with E-state index < -0.39 is 0 Å². The Morgan fingerprint density at radius 1 is 1.61 bits per heavy atom. The predicted octanol–water partition coefficient (Wildman–Crippen LogP) is 0.931. The molecule has 1 saturated heterocycles. The number of benzene rings is 1. The molecule has 0 spiro atoms. The average Bonchev–Trinajstić information content (AvgIpc) is 2.38. The van der Waals surface area contributed by atoms with E-state index in [-0.39, 0.29) is 18.5 Å². The van der Waals surface area contributed by atoms with Crippen molar-refractivity contribution < 1.29 is 9.84 Å². The van der Waals surface area contributed by atoms with Crippen LogP contribution in [0.3, 0.4) is 0 Å². The second-order valence-electron chi connectivity index (χ2n) is 4.20. The molecule has 1 fully saturated rings. The van der Waals surface area contributed by atoms with Gasteiger partial charge in [-0.15, -0.1) is 0 Å². The third-order valence-electron chi connectivity index (χ3n) is 2.95. The lowest BCUT2D eigenvalue weighted by atomic mass is 10.1. The van der Waals surface area contributed by atoms with Crippen LogP contribution in [0.4, 0.5) is 5.69 Å². The zero-order chi connectivity index (χ0) is 13.1. The maximum absolute atomic E-state index is 9.12. The lowest BCUT2D eigenvalue weighted by Crippen LogP contribution is -2.44. The van der Waals surface area contributed by atoms with Crippen LogP contribution >= 0.6 is 15.9 Å². The van der Waals surface area contributed by atoms with Crippen LogP contribution in [-0.2, 0) is 4.74 Å². The molecule has 1 aliphatic heterocycles. The summed E-state index contributed by atoms with van der Waals surface area (Å²) < 4.78 is 6.22. The molecule has 4 N–H and O–H groups in total. The molecule has 5 nitrogen and oxygen atoms in total. The van der Waals surface area contributed by atoms with Gasteiger partial charge in [-0.2, -0.15) is 0 Å². The molecule has 6 heteroatoms. The molecule has 1 unspecified atom stereocenters. The van der Waals surface area contributed by atoms with Crippen LogP contribution < -0.4 is 10.6 Å². The van der Waals surface area contributed by atoms with Gasteiger partial charge in [0.05, 0.1) is 19.3 Å². The quantitative estimate of drug-likeness (QED) is 0.572. The highest BCUT2D eigenvalue weighted by Gasteiger charge is 2.20. The largest absolute Gasteiger partial charge is 0.394 e. The summed E-state index contributed by atoms with van der Waals surface area (Å²) in [4.78, 5) is 2.15. The highest BCUT2D eigenvalue weighted by molar-refractivity contribution is 9.10. The first-order valence-electron chi connectivity index (χ1n) is 5.73.